The van der Waals surface area contributed by atoms with Gasteiger partial charge in [-0.15, -0.1) is 5.10 Å². The van der Waals surface area contributed by atoms with Crippen molar-refractivity contribution in [2.45, 2.75) is 39.5 Å². The van der Waals surface area contributed by atoms with Crippen molar-refractivity contribution in [3.8, 4) is 11.5 Å². The summed E-state index contributed by atoms with van der Waals surface area (Å²) in [5.41, 5.74) is 3.56. The molecule has 3 heterocycles. The Kier molecular flexibility index (Phi) is 5.84. The normalized spacial score (nSPS) is 18.2. The predicted octanol–water partition coefficient (Wildman–Crippen LogP) is 3.27. The van der Waals surface area contributed by atoms with Crippen molar-refractivity contribution in [2.24, 2.45) is 0 Å². The highest BCUT2D eigenvalue weighted by molar-refractivity contribution is 7.91. The number of hydrogen-bond acceptors (Lipinski definition) is 7. The maximum Gasteiger partial charge on any atom is 0.288 e. The molecule has 1 unspecified atom stereocenters. The number of nitrogens with zero attached hydrogens (tertiary/aromatic N) is 5. The van der Waals surface area contributed by atoms with Crippen molar-refractivity contribution >= 4 is 22.1 Å². The Bertz CT molecular complexity index is 1260. The molecule has 1 saturated heterocycles. The Morgan fingerprint density at radius 3 is 2.61 bits per heavy atom. The van der Waals surface area contributed by atoms with Crippen molar-refractivity contribution < 1.29 is 17.2 Å². The van der Waals surface area contributed by atoms with Gasteiger partial charge in [0.2, 0.25) is 5.89 Å². The number of rotatable bonds is 6. The molecule has 1 aliphatic rings. The second-order valence-corrected chi connectivity index (χ2v) is 10.6. The average Bonchev–Trinajstić information content (AvgIpc) is 3.33. The molecule has 0 radical (unpaired) electrons. The molecular weight excluding hydrogens is 441 g/mol. The minimum Gasteiger partial charge on any atom is -0.409 e. The third-order valence-corrected chi connectivity index (χ3v) is 7.57. The molecule has 1 atom stereocenters. The zero-order chi connectivity index (χ0) is 22.3. The molecule has 1 fully saturated rings. The lowest BCUT2D eigenvalue weighted by Gasteiger charge is -2.17. The molecule has 0 amide bonds. The van der Waals surface area contributed by atoms with Crippen LogP contribution in [0.15, 0.2) is 28.7 Å². The van der Waals surface area contributed by atoms with Gasteiger partial charge in [-0.25, -0.2) is 17.5 Å². The van der Waals surface area contributed by atoms with E-state index in [9.17, 15) is 12.8 Å². The zero-order valence-corrected chi connectivity index (χ0v) is 19.2. The van der Waals surface area contributed by atoms with Crippen LogP contribution in [0.25, 0.3) is 11.5 Å². The van der Waals surface area contributed by atoms with E-state index in [-0.39, 0.29) is 28.2 Å². The van der Waals surface area contributed by atoms with E-state index in [0.29, 0.717) is 31.1 Å². The van der Waals surface area contributed by atoms with Gasteiger partial charge in [0.05, 0.1) is 29.9 Å². The van der Waals surface area contributed by atoms with E-state index in [0.717, 1.165) is 17.0 Å². The molecule has 0 saturated carbocycles. The van der Waals surface area contributed by atoms with Crippen molar-refractivity contribution in [2.75, 3.05) is 18.6 Å². The highest BCUT2D eigenvalue weighted by Gasteiger charge is 2.31. The standard InChI is InChI=1S/C20H24FN5O3S2/c1-13-18(14(2)26(22-13)17-8-9-31(27,28)11-17)10-24(3)12-25-20(30)29-19(23-25)15-4-6-16(21)7-5-15/h4-7,17H,8-12H2,1-3H3. The predicted molar refractivity (Wildman–Crippen MR) is 116 cm³/mol. The molecular formula is C20H24FN5O3S2. The van der Waals surface area contributed by atoms with Crippen molar-refractivity contribution in [3.05, 3.63) is 51.9 Å². The molecule has 31 heavy (non-hydrogen) atoms. The second-order valence-electron chi connectivity index (χ2n) is 7.99. The van der Waals surface area contributed by atoms with Crippen LogP contribution in [0.3, 0.4) is 0 Å². The zero-order valence-electron chi connectivity index (χ0n) is 17.6. The van der Waals surface area contributed by atoms with E-state index >= 15 is 0 Å². The monoisotopic (exact) mass is 465 g/mol. The lowest BCUT2D eigenvalue weighted by atomic mass is 10.2. The van der Waals surface area contributed by atoms with E-state index in [2.05, 4.69) is 10.2 Å². The van der Waals surface area contributed by atoms with Gasteiger partial charge in [-0.3, -0.25) is 9.58 Å². The number of sulfone groups is 1. The molecule has 8 nitrogen and oxygen atoms in total. The molecule has 0 spiro atoms. The van der Waals surface area contributed by atoms with E-state index in [1.54, 1.807) is 16.8 Å². The molecule has 11 heteroatoms. The fourth-order valence-corrected chi connectivity index (χ4v) is 5.77. The van der Waals surface area contributed by atoms with Crippen molar-refractivity contribution in [1.82, 2.24) is 24.5 Å². The van der Waals surface area contributed by atoms with Gasteiger partial charge in [-0.1, -0.05) is 0 Å². The number of aryl methyl sites for hydroxylation is 1. The second kappa shape index (κ2) is 8.29. The maximum atomic E-state index is 13.1. The molecule has 1 aliphatic heterocycles. The van der Waals surface area contributed by atoms with Crippen LogP contribution in [-0.2, 0) is 23.1 Å². The largest absolute Gasteiger partial charge is 0.409 e. The Hall–Kier alpha value is -2.37. The van der Waals surface area contributed by atoms with Crippen LogP contribution in [-0.4, -0.2) is 51.4 Å². The molecule has 3 aromatic rings. The smallest absolute Gasteiger partial charge is 0.288 e. The van der Waals surface area contributed by atoms with Gasteiger partial charge < -0.3 is 4.42 Å². The van der Waals surface area contributed by atoms with Crippen LogP contribution in [0.5, 0.6) is 0 Å². The van der Waals surface area contributed by atoms with Crippen molar-refractivity contribution in [1.29, 1.82) is 0 Å². The summed E-state index contributed by atoms with van der Waals surface area (Å²) in [6, 6.07) is 5.77. The van der Waals surface area contributed by atoms with Crippen LogP contribution in [0, 0.1) is 24.5 Å². The summed E-state index contributed by atoms with van der Waals surface area (Å²) in [7, 11) is -1.05. The summed E-state index contributed by atoms with van der Waals surface area (Å²) in [4.78, 5) is 2.26. The summed E-state index contributed by atoms with van der Waals surface area (Å²) in [5, 5.41) is 9.03. The SMILES string of the molecule is Cc1nn(C2CCS(=O)(=O)C2)c(C)c1CN(C)Cn1nc(-c2ccc(F)cc2)oc1=S. The van der Waals surface area contributed by atoms with Crippen LogP contribution in [0.4, 0.5) is 4.39 Å². The van der Waals surface area contributed by atoms with Crippen LogP contribution >= 0.6 is 12.2 Å². The lowest BCUT2D eigenvalue weighted by molar-refractivity contribution is 0.239. The van der Waals surface area contributed by atoms with Gasteiger partial charge in [-0.05, 0) is 63.8 Å². The third-order valence-electron chi connectivity index (χ3n) is 5.53. The number of hydrogen-bond donors (Lipinski definition) is 0. The van der Waals surface area contributed by atoms with Gasteiger partial charge in [0.1, 0.15) is 5.82 Å². The summed E-state index contributed by atoms with van der Waals surface area (Å²) in [5.74, 6) is 0.361. The summed E-state index contributed by atoms with van der Waals surface area (Å²) in [6.45, 7) is 4.90. The van der Waals surface area contributed by atoms with E-state index in [1.807, 2.05) is 30.5 Å². The lowest BCUT2D eigenvalue weighted by Crippen LogP contribution is -2.23. The molecule has 0 bridgehead atoms. The molecule has 166 valence electrons. The van der Waals surface area contributed by atoms with Gasteiger partial charge >= 0.3 is 0 Å². The molecule has 0 aliphatic carbocycles. The quantitative estimate of drug-likeness (QED) is 0.517. The maximum absolute atomic E-state index is 13.1. The number of aromatic nitrogens is 4. The van der Waals surface area contributed by atoms with Crippen LogP contribution in [0.1, 0.15) is 29.4 Å². The first kappa shape index (κ1) is 21.8. The minimum atomic E-state index is -2.98. The van der Waals surface area contributed by atoms with Crippen LogP contribution in [0.2, 0.25) is 0 Å². The average molecular weight is 466 g/mol. The van der Waals surface area contributed by atoms with Crippen LogP contribution < -0.4 is 0 Å². The highest BCUT2D eigenvalue weighted by atomic mass is 32.2. The van der Waals surface area contributed by atoms with Gasteiger partial charge in [0, 0.05) is 23.4 Å². The Morgan fingerprint density at radius 2 is 1.97 bits per heavy atom. The summed E-state index contributed by atoms with van der Waals surface area (Å²) >= 11 is 5.29. The third kappa shape index (κ3) is 4.63. The number of halogens is 1. The fourth-order valence-electron chi connectivity index (χ4n) is 3.90. The molecule has 0 N–H and O–H groups in total. The molecule has 2 aromatic heterocycles. The van der Waals surface area contributed by atoms with Gasteiger partial charge in [0.25, 0.3) is 4.84 Å². The van der Waals surface area contributed by atoms with Gasteiger partial charge in [0.15, 0.2) is 9.84 Å². The topological polar surface area (TPSA) is 86.2 Å². The molecule has 4 rings (SSSR count). The minimum absolute atomic E-state index is 0.106. The first-order valence-corrected chi connectivity index (χ1v) is 12.1. The Morgan fingerprint density at radius 1 is 1.26 bits per heavy atom. The summed E-state index contributed by atoms with van der Waals surface area (Å²) < 4.78 is 45.9. The fraction of sp³-hybridized carbons (Fsp3) is 0.450. The molecule has 1 aromatic carbocycles. The Labute approximate surface area is 185 Å². The summed E-state index contributed by atoms with van der Waals surface area (Å²) in [6.07, 6.45) is 0.597. The van der Waals surface area contributed by atoms with Gasteiger partial charge in [-0.2, -0.15) is 5.10 Å². The first-order chi connectivity index (χ1) is 14.6. The number of benzene rings is 1. The van der Waals surface area contributed by atoms with E-state index in [1.165, 1.54) is 12.1 Å². The highest BCUT2D eigenvalue weighted by Crippen LogP contribution is 2.27. The first-order valence-electron chi connectivity index (χ1n) is 9.90. The Balaban J connectivity index is 1.49. The van der Waals surface area contributed by atoms with E-state index in [4.69, 9.17) is 16.6 Å². The van der Waals surface area contributed by atoms with E-state index < -0.39 is 9.84 Å². The van der Waals surface area contributed by atoms with Crippen molar-refractivity contribution in [3.63, 3.8) is 0 Å².